The second-order valence-electron chi connectivity index (χ2n) is 6.07. The molecule has 2 rings (SSSR count). The number of rotatable bonds is 8. The minimum atomic E-state index is 0.690. The fourth-order valence-electron chi connectivity index (χ4n) is 2.55. The molecule has 1 heterocycles. The predicted octanol–water partition coefficient (Wildman–Crippen LogP) is 2.91. The lowest BCUT2D eigenvalue weighted by Crippen LogP contribution is -2.25. The molecule has 1 fully saturated rings. The lowest BCUT2D eigenvalue weighted by molar-refractivity contribution is 0.237. The normalized spacial score (nSPS) is 15.9. The van der Waals surface area contributed by atoms with E-state index in [2.05, 4.69) is 48.3 Å². The molecule has 1 aromatic carbocycles. The summed E-state index contributed by atoms with van der Waals surface area (Å²) in [6.45, 7) is 10.8. The lowest BCUT2D eigenvalue weighted by atomic mass is 10.2. The molecule has 1 aromatic rings. The summed E-state index contributed by atoms with van der Waals surface area (Å²) in [7, 11) is 0. The molecule has 1 N–H and O–H groups in total. The van der Waals surface area contributed by atoms with Crippen molar-refractivity contribution in [1.82, 2.24) is 10.2 Å². The molecule has 0 amide bonds. The van der Waals surface area contributed by atoms with Gasteiger partial charge in [0.2, 0.25) is 0 Å². The maximum Gasteiger partial charge on any atom is 0.119 e. The summed E-state index contributed by atoms with van der Waals surface area (Å²) in [6.07, 6.45) is 2.69. The Morgan fingerprint density at radius 3 is 2.80 bits per heavy atom. The molecule has 0 aliphatic carbocycles. The van der Waals surface area contributed by atoms with Gasteiger partial charge in [0.05, 0.1) is 0 Å². The van der Waals surface area contributed by atoms with Gasteiger partial charge in [-0.15, -0.1) is 0 Å². The van der Waals surface area contributed by atoms with Crippen molar-refractivity contribution in [1.29, 1.82) is 0 Å². The topological polar surface area (TPSA) is 24.5 Å². The van der Waals surface area contributed by atoms with Gasteiger partial charge in [0.15, 0.2) is 0 Å². The van der Waals surface area contributed by atoms with Gasteiger partial charge >= 0.3 is 0 Å². The summed E-state index contributed by atoms with van der Waals surface area (Å²) in [5, 5.41) is 3.47. The molecule has 112 valence electrons. The van der Waals surface area contributed by atoms with E-state index in [1.807, 2.05) is 0 Å². The largest absolute Gasteiger partial charge is 0.492 e. The predicted molar refractivity (Wildman–Crippen MR) is 84.2 cm³/mol. The summed E-state index contributed by atoms with van der Waals surface area (Å²) >= 11 is 0. The van der Waals surface area contributed by atoms with Gasteiger partial charge < -0.3 is 10.1 Å². The van der Waals surface area contributed by atoms with E-state index in [4.69, 9.17) is 4.74 Å². The van der Waals surface area contributed by atoms with Crippen LogP contribution in [0.15, 0.2) is 24.3 Å². The highest BCUT2D eigenvalue weighted by atomic mass is 16.5. The standard InChI is InChI=1S/C17H28N2O/c1-15(2)13-18-14-16-6-5-7-17(12-16)20-11-10-19-8-3-4-9-19/h5-7,12,15,18H,3-4,8-11,13-14H2,1-2H3. The third-order valence-corrected chi connectivity index (χ3v) is 3.66. The van der Waals surface area contributed by atoms with Crippen LogP contribution in [0.5, 0.6) is 5.75 Å². The maximum absolute atomic E-state index is 5.87. The lowest BCUT2D eigenvalue weighted by Gasteiger charge is -2.15. The number of likely N-dealkylation sites (tertiary alicyclic amines) is 1. The first-order chi connectivity index (χ1) is 9.74. The van der Waals surface area contributed by atoms with Crippen molar-refractivity contribution in [3.63, 3.8) is 0 Å². The SMILES string of the molecule is CC(C)CNCc1cccc(OCCN2CCCC2)c1. The zero-order valence-electron chi connectivity index (χ0n) is 12.9. The third kappa shape index (κ3) is 5.51. The number of hydrogen-bond donors (Lipinski definition) is 1. The van der Waals surface area contributed by atoms with Crippen molar-refractivity contribution >= 4 is 0 Å². The van der Waals surface area contributed by atoms with Crippen molar-refractivity contribution in [3.8, 4) is 5.75 Å². The Labute approximate surface area is 123 Å². The summed E-state index contributed by atoms with van der Waals surface area (Å²) in [4.78, 5) is 2.48. The summed E-state index contributed by atoms with van der Waals surface area (Å²) in [6, 6.07) is 8.44. The zero-order valence-corrected chi connectivity index (χ0v) is 12.9. The Morgan fingerprint density at radius 2 is 2.05 bits per heavy atom. The molecule has 0 radical (unpaired) electrons. The van der Waals surface area contributed by atoms with Crippen LogP contribution in [-0.4, -0.2) is 37.7 Å². The van der Waals surface area contributed by atoms with E-state index >= 15 is 0 Å². The molecular formula is C17H28N2O. The van der Waals surface area contributed by atoms with Crippen molar-refractivity contribution in [3.05, 3.63) is 29.8 Å². The highest BCUT2D eigenvalue weighted by Gasteiger charge is 2.10. The second-order valence-corrected chi connectivity index (χ2v) is 6.07. The van der Waals surface area contributed by atoms with Crippen molar-refractivity contribution in [2.75, 3.05) is 32.8 Å². The molecule has 1 saturated heterocycles. The molecule has 0 unspecified atom stereocenters. The smallest absolute Gasteiger partial charge is 0.119 e. The van der Waals surface area contributed by atoms with E-state index in [1.165, 1.54) is 31.5 Å². The molecule has 3 nitrogen and oxygen atoms in total. The van der Waals surface area contributed by atoms with Gasteiger partial charge in [0.1, 0.15) is 12.4 Å². The molecule has 1 aliphatic heterocycles. The summed E-state index contributed by atoms with van der Waals surface area (Å²) in [5.41, 5.74) is 1.30. The average Bonchev–Trinajstić information content (AvgIpc) is 2.92. The third-order valence-electron chi connectivity index (χ3n) is 3.66. The Balaban J connectivity index is 1.71. The van der Waals surface area contributed by atoms with Crippen molar-refractivity contribution in [2.45, 2.75) is 33.2 Å². The Morgan fingerprint density at radius 1 is 1.25 bits per heavy atom. The van der Waals surface area contributed by atoms with E-state index < -0.39 is 0 Å². The van der Waals surface area contributed by atoms with Gasteiger partial charge in [0.25, 0.3) is 0 Å². The number of nitrogens with one attached hydrogen (secondary N) is 1. The van der Waals surface area contributed by atoms with Crippen LogP contribution in [-0.2, 0) is 6.54 Å². The quantitative estimate of drug-likeness (QED) is 0.790. The van der Waals surface area contributed by atoms with Crippen molar-refractivity contribution < 1.29 is 4.74 Å². The maximum atomic E-state index is 5.87. The van der Waals surface area contributed by atoms with Crippen LogP contribution in [0.4, 0.5) is 0 Å². The van der Waals surface area contributed by atoms with E-state index in [0.29, 0.717) is 5.92 Å². The van der Waals surface area contributed by atoms with Crippen LogP contribution in [0.3, 0.4) is 0 Å². The van der Waals surface area contributed by atoms with Gasteiger partial charge in [-0.25, -0.2) is 0 Å². The van der Waals surface area contributed by atoms with Gasteiger partial charge in [0, 0.05) is 13.1 Å². The molecule has 20 heavy (non-hydrogen) atoms. The second kappa shape index (κ2) is 8.28. The Kier molecular flexibility index (Phi) is 6.34. The number of hydrogen-bond acceptors (Lipinski definition) is 3. The van der Waals surface area contributed by atoms with Gasteiger partial charge in [-0.3, -0.25) is 4.90 Å². The first-order valence-electron chi connectivity index (χ1n) is 7.89. The first-order valence-corrected chi connectivity index (χ1v) is 7.89. The monoisotopic (exact) mass is 276 g/mol. The molecule has 0 bridgehead atoms. The van der Waals surface area contributed by atoms with E-state index in [-0.39, 0.29) is 0 Å². The highest BCUT2D eigenvalue weighted by Crippen LogP contribution is 2.14. The average molecular weight is 276 g/mol. The van der Waals surface area contributed by atoms with Gasteiger partial charge in [-0.1, -0.05) is 26.0 Å². The Hall–Kier alpha value is -1.06. The fraction of sp³-hybridized carbons (Fsp3) is 0.647. The first kappa shape index (κ1) is 15.3. The van der Waals surface area contributed by atoms with E-state index in [1.54, 1.807) is 0 Å². The van der Waals surface area contributed by atoms with Crippen LogP contribution < -0.4 is 10.1 Å². The molecule has 3 heteroatoms. The van der Waals surface area contributed by atoms with Crippen LogP contribution in [0.2, 0.25) is 0 Å². The summed E-state index contributed by atoms with van der Waals surface area (Å²) < 4.78 is 5.87. The number of nitrogens with zero attached hydrogens (tertiary/aromatic N) is 1. The molecule has 0 atom stereocenters. The van der Waals surface area contributed by atoms with Crippen LogP contribution in [0.1, 0.15) is 32.3 Å². The fourth-order valence-corrected chi connectivity index (χ4v) is 2.55. The highest BCUT2D eigenvalue weighted by molar-refractivity contribution is 5.28. The molecule has 0 saturated carbocycles. The van der Waals surface area contributed by atoms with Gasteiger partial charge in [-0.2, -0.15) is 0 Å². The van der Waals surface area contributed by atoms with E-state index in [9.17, 15) is 0 Å². The zero-order chi connectivity index (χ0) is 14.2. The summed E-state index contributed by atoms with van der Waals surface area (Å²) in [5.74, 6) is 1.68. The number of benzene rings is 1. The van der Waals surface area contributed by atoms with Crippen molar-refractivity contribution in [2.24, 2.45) is 5.92 Å². The minimum absolute atomic E-state index is 0.690. The molecule has 1 aliphatic rings. The van der Waals surface area contributed by atoms with Crippen LogP contribution in [0.25, 0.3) is 0 Å². The number of ether oxygens (including phenoxy) is 1. The van der Waals surface area contributed by atoms with Crippen LogP contribution >= 0.6 is 0 Å². The molecule has 0 spiro atoms. The molecular weight excluding hydrogens is 248 g/mol. The minimum Gasteiger partial charge on any atom is -0.492 e. The Bertz CT molecular complexity index is 386. The van der Waals surface area contributed by atoms with E-state index in [0.717, 1.165) is 32.0 Å². The van der Waals surface area contributed by atoms with Crippen LogP contribution in [0, 0.1) is 5.92 Å². The molecule has 0 aromatic heterocycles. The van der Waals surface area contributed by atoms with Gasteiger partial charge in [-0.05, 0) is 56.1 Å².